The highest BCUT2D eigenvalue weighted by molar-refractivity contribution is 4.92. The first kappa shape index (κ1) is 12.4. The maximum atomic E-state index is 3.77. The molecule has 2 unspecified atom stereocenters. The molecule has 0 aromatic heterocycles. The smallest absolute Gasteiger partial charge is 0.00684 e. The van der Waals surface area contributed by atoms with Crippen molar-refractivity contribution in [2.45, 2.75) is 51.5 Å². The molecule has 94 valence electrons. The minimum atomic E-state index is 0.559. The van der Waals surface area contributed by atoms with Crippen molar-refractivity contribution in [3.05, 3.63) is 0 Å². The standard InChI is InChI=1S/C14H28N2/c1-12-5-4-8-14(9-12,11-16(2)3)10-15-13-6-7-13/h12-13,15H,4-11H2,1-3H3. The third-order valence-corrected chi connectivity index (χ3v) is 4.18. The van der Waals surface area contributed by atoms with Gasteiger partial charge in [0.1, 0.15) is 0 Å². The zero-order chi connectivity index (χ0) is 11.6. The summed E-state index contributed by atoms with van der Waals surface area (Å²) in [6, 6.07) is 0.858. The molecular weight excluding hydrogens is 196 g/mol. The van der Waals surface area contributed by atoms with E-state index in [0.29, 0.717) is 5.41 Å². The van der Waals surface area contributed by atoms with Gasteiger partial charge in [-0.2, -0.15) is 0 Å². The van der Waals surface area contributed by atoms with Crippen molar-refractivity contribution >= 4 is 0 Å². The molecule has 0 spiro atoms. The van der Waals surface area contributed by atoms with Gasteiger partial charge in [0, 0.05) is 19.1 Å². The van der Waals surface area contributed by atoms with Crippen LogP contribution in [0.4, 0.5) is 0 Å². The van der Waals surface area contributed by atoms with E-state index in [-0.39, 0.29) is 0 Å². The van der Waals surface area contributed by atoms with Gasteiger partial charge in [-0.3, -0.25) is 0 Å². The van der Waals surface area contributed by atoms with E-state index in [1.807, 2.05) is 0 Å². The Balaban J connectivity index is 1.91. The first-order valence-corrected chi connectivity index (χ1v) is 6.98. The fourth-order valence-electron chi connectivity index (χ4n) is 3.45. The van der Waals surface area contributed by atoms with E-state index in [9.17, 15) is 0 Å². The number of nitrogens with one attached hydrogen (secondary N) is 1. The predicted octanol–water partition coefficient (Wildman–Crippen LogP) is 2.50. The molecule has 0 aromatic rings. The van der Waals surface area contributed by atoms with Gasteiger partial charge in [0.05, 0.1) is 0 Å². The average molecular weight is 224 g/mol. The summed E-state index contributed by atoms with van der Waals surface area (Å²) in [4.78, 5) is 2.38. The lowest BCUT2D eigenvalue weighted by Crippen LogP contribution is -2.45. The molecule has 2 rings (SSSR count). The Bertz CT molecular complexity index is 219. The molecule has 0 radical (unpaired) electrons. The Morgan fingerprint density at radius 2 is 2.00 bits per heavy atom. The summed E-state index contributed by atoms with van der Waals surface area (Å²) in [6.07, 6.45) is 8.54. The Morgan fingerprint density at radius 1 is 1.25 bits per heavy atom. The van der Waals surface area contributed by atoms with Gasteiger partial charge in [-0.05, 0) is 51.1 Å². The van der Waals surface area contributed by atoms with Crippen molar-refractivity contribution < 1.29 is 0 Å². The van der Waals surface area contributed by atoms with E-state index in [1.165, 1.54) is 51.6 Å². The van der Waals surface area contributed by atoms with Crippen molar-refractivity contribution in [1.29, 1.82) is 0 Å². The van der Waals surface area contributed by atoms with Crippen molar-refractivity contribution in [1.82, 2.24) is 10.2 Å². The van der Waals surface area contributed by atoms with E-state index in [2.05, 4.69) is 31.2 Å². The molecule has 0 bridgehead atoms. The lowest BCUT2D eigenvalue weighted by Gasteiger charge is -2.42. The fourth-order valence-corrected chi connectivity index (χ4v) is 3.45. The zero-order valence-electron chi connectivity index (χ0n) is 11.3. The largest absolute Gasteiger partial charge is 0.313 e. The van der Waals surface area contributed by atoms with Gasteiger partial charge >= 0.3 is 0 Å². The van der Waals surface area contributed by atoms with Crippen LogP contribution in [0.1, 0.15) is 45.4 Å². The van der Waals surface area contributed by atoms with Crippen LogP contribution in [0, 0.1) is 11.3 Å². The first-order valence-electron chi connectivity index (χ1n) is 6.98. The van der Waals surface area contributed by atoms with Crippen LogP contribution in [0.2, 0.25) is 0 Å². The second kappa shape index (κ2) is 5.05. The van der Waals surface area contributed by atoms with E-state index < -0.39 is 0 Å². The molecule has 16 heavy (non-hydrogen) atoms. The predicted molar refractivity (Wildman–Crippen MR) is 69.6 cm³/mol. The second-order valence-corrected chi connectivity index (χ2v) is 6.59. The van der Waals surface area contributed by atoms with E-state index in [0.717, 1.165) is 12.0 Å². The zero-order valence-corrected chi connectivity index (χ0v) is 11.3. The van der Waals surface area contributed by atoms with Crippen LogP contribution >= 0.6 is 0 Å². The normalized spacial score (nSPS) is 35.6. The summed E-state index contributed by atoms with van der Waals surface area (Å²) in [6.45, 7) is 4.94. The number of hydrogen-bond donors (Lipinski definition) is 1. The lowest BCUT2D eigenvalue weighted by atomic mass is 9.69. The van der Waals surface area contributed by atoms with Gasteiger partial charge in [-0.1, -0.05) is 19.8 Å². The molecule has 2 aliphatic rings. The minimum absolute atomic E-state index is 0.559. The van der Waals surface area contributed by atoms with Gasteiger partial charge in [0.15, 0.2) is 0 Å². The van der Waals surface area contributed by atoms with Crippen LogP contribution in [0.25, 0.3) is 0 Å². The van der Waals surface area contributed by atoms with Crippen LogP contribution in [0.15, 0.2) is 0 Å². The molecule has 0 amide bonds. The topological polar surface area (TPSA) is 15.3 Å². The third kappa shape index (κ3) is 3.46. The van der Waals surface area contributed by atoms with E-state index in [1.54, 1.807) is 0 Å². The lowest BCUT2D eigenvalue weighted by molar-refractivity contribution is 0.102. The van der Waals surface area contributed by atoms with Crippen LogP contribution in [-0.2, 0) is 0 Å². The van der Waals surface area contributed by atoms with Crippen LogP contribution in [0.3, 0.4) is 0 Å². The molecular formula is C14H28N2. The van der Waals surface area contributed by atoms with Crippen molar-refractivity contribution in [3.63, 3.8) is 0 Å². The van der Waals surface area contributed by atoms with Gasteiger partial charge in [0.25, 0.3) is 0 Å². The molecule has 2 nitrogen and oxygen atoms in total. The van der Waals surface area contributed by atoms with Gasteiger partial charge in [0.2, 0.25) is 0 Å². The molecule has 2 heteroatoms. The number of hydrogen-bond acceptors (Lipinski definition) is 2. The molecule has 0 heterocycles. The SMILES string of the molecule is CC1CCCC(CNC2CC2)(CN(C)C)C1. The monoisotopic (exact) mass is 224 g/mol. The summed E-state index contributed by atoms with van der Waals surface area (Å²) >= 11 is 0. The van der Waals surface area contributed by atoms with E-state index >= 15 is 0 Å². The third-order valence-electron chi connectivity index (χ3n) is 4.18. The second-order valence-electron chi connectivity index (χ2n) is 6.59. The Hall–Kier alpha value is -0.0800. The van der Waals surface area contributed by atoms with Gasteiger partial charge in [-0.15, -0.1) is 0 Å². The highest BCUT2D eigenvalue weighted by Crippen LogP contribution is 2.39. The number of rotatable bonds is 5. The average Bonchev–Trinajstić information content (AvgIpc) is 2.97. The molecule has 2 aliphatic carbocycles. The Morgan fingerprint density at radius 3 is 2.56 bits per heavy atom. The van der Waals surface area contributed by atoms with Crippen LogP contribution < -0.4 is 5.32 Å². The maximum absolute atomic E-state index is 3.77. The fraction of sp³-hybridized carbons (Fsp3) is 1.00. The maximum Gasteiger partial charge on any atom is 0.00684 e. The van der Waals surface area contributed by atoms with Crippen LogP contribution in [-0.4, -0.2) is 38.1 Å². The summed E-state index contributed by atoms with van der Waals surface area (Å²) in [5.74, 6) is 0.926. The summed E-state index contributed by atoms with van der Waals surface area (Å²) in [5, 5.41) is 3.77. The first-order chi connectivity index (χ1) is 7.60. The number of nitrogens with zero attached hydrogens (tertiary/aromatic N) is 1. The highest BCUT2D eigenvalue weighted by atomic mass is 15.1. The molecule has 2 saturated carbocycles. The van der Waals surface area contributed by atoms with Gasteiger partial charge in [-0.25, -0.2) is 0 Å². The molecule has 2 atom stereocenters. The highest BCUT2D eigenvalue weighted by Gasteiger charge is 2.36. The summed E-state index contributed by atoms with van der Waals surface area (Å²) < 4.78 is 0. The quantitative estimate of drug-likeness (QED) is 0.772. The van der Waals surface area contributed by atoms with E-state index in [4.69, 9.17) is 0 Å². The van der Waals surface area contributed by atoms with Crippen molar-refractivity contribution in [3.8, 4) is 0 Å². The van der Waals surface area contributed by atoms with Crippen LogP contribution in [0.5, 0.6) is 0 Å². The minimum Gasteiger partial charge on any atom is -0.313 e. The Kier molecular flexibility index (Phi) is 3.91. The summed E-state index contributed by atoms with van der Waals surface area (Å²) in [5.41, 5.74) is 0.559. The van der Waals surface area contributed by atoms with Crippen molar-refractivity contribution in [2.75, 3.05) is 27.2 Å². The molecule has 0 aliphatic heterocycles. The molecule has 0 aromatic carbocycles. The van der Waals surface area contributed by atoms with Gasteiger partial charge < -0.3 is 10.2 Å². The molecule has 2 fully saturated rings. The molecule has 1 N–H and O–H groups in total. The summed E-state index contributed by atoms with van der Waals surface area (Å²) in [7, 11) is 4.44. The van der Waals surface area contributed by atoms with Crippen molar-refractivity contribution in [2.24, 2.45) is 11.3 Å². The molecule has 0 saturated heterocycles. The Labute approximate surface area is 101 Å².